The number of likely N-dealkylation sites (N-methyl/N-ethyl adjacent to an activating group) is 2. The van der Waals surface area contributed by atoms with E-state index in [1.54, 1.807) is 0 Å². The summed E-state index contributed by atoms with van der Waals surface area (Å²) in [6.07, 6.45) is -4.56. The Labute approximate surface area is 101 Å². The van der Waals surface area contributed by atoms with Crippen LogP contribution in [-0.2, 0) is 0 Å². The van der Waals surface area contributed by atoms with Crippen LogP contribution in [0, 0.1) is 0 Å². The second kappa shape index (κ2) is 6.56. The molecule has 1 fully saturated rings. The van der Waals surface area contributed by atoms with Gasteiger partial charge < -0.3 is 10.2 Å². The lowest BCUT2D eigenvalue weighted by atomic mass is 10.2. The molecule has 17 heavy (non-hydrogen) atoms. The predicted molar refractivity (Wildman–Crippen MR) is 62.1 cm³/mol. The van der Waals surface area contributed by atoms with E-state index in [-0.39, 0.29) is 6.42 Å². The van der Waals surface area contributed by atoms with Crippen molar-refractivity contribution < 1.29 is 13.2 Å². The van der Waals surface area contributed by atoms with Crippen molar-refractivity contribution in [3.63, 3.8) is 0 Å². The molecule has 3 nitrogen and oxygen atoms in total. The summed E-state index contributed by atoms with van der Waals surface area (Å²) in [5, 5.41) is 3.11. The highest BCUT2D eigenvalue weighted by molar-refractivity contribution is 4.80. The molecule has 6 heteroatoms. The Morgan fingerprint density at radius 2 is 1.94 bits per heavy atom. The van der Waals surface area contributed by atoms with Crippen molar-refractivity contribution in [2.45, 2.75) is 25.1 Å². The van der Waals surface area contributed by atoms with Crippen LogP contribution in [0.5, 0.6) is 0 Å². The van der Waals surface area contributed by atoms with E-state index >= 15 is 0 Å². The van der Waals surface area contributed by atoms with E-state index in [1.165, 1.54) is 0 Å². The third-order valence-electron chi connectivity index (χ3n) is 3.17. The number of nitrogens with zero attached hydrogens (tertiary/aromatic N) is 2. The van der Waals surface area contributed by atoms with Gasteiger partial charge in [0.1, 0.15) is 0 Å². The van der Waals surface area contributed by atoms with Gasteiger partial charge in [0.05, 0.1) is 0 Å². The first-order chi connectivity index (χ1) is 7.88. The van der Waals surface area contributed by atoms with Crippen molar-refractivity contribution >= 4 is 0 Å². The lowest BCUT2D eigenvalue weighted by Crippen LogP contribution is -2.53. The maximum atomic E-state index is 11.9. The summed E-state index contributed by atoms with van der Waals surface area (Å²) >= 11 is 0. The first-order valence-corrected chi connectivity index (χ1v) is 6.05. The fourth-order valence-electron chi connectivity index (χ4n) is 2.00. The van der Waals surface area contributed by atoms with Crippen molar-refractivity contribution in [3.8, 4) is 0 Å². The topological polar surface area (TPSA) is 18.5 Å². The Morgan fingerprint density at radius 3 is 2.59 bits per heavy atom. The molecule has 0 saturated carbocycles. The van der Waals surface area contributed by atoms with Crippen molar-refractivity contribution in [2.75, 3.05) is 46.8 Å². The Bertz CT molecular complexity index is 220. The molecule has 0 aromatic carbocycles. The highest BCUT2D eigenvalue weighted by Crippen LogP contribution is 2.20. The van der Waals surface area contributed by atoms with Gasteiger partial charge in [-0.3, -0.25) is 4.90 Å². The highest BCUT2D eigenvalue weighted by atomic mass is 19.4. The van der Waals surface area contributed by atoms with Gasteiger partial charge in [0.25, 0.3) is 0 Å². The van der Waals surface area contributed by atoms with E-state index in [1.807, 2.05) is 0 Å². The number of alkyl halides is 3. The summed E-state index contributed by atoms with van der Waals surface area (Å²) in [7, 11) is 4.14. The first-order valence-electron chi connectivity index (χ1n) is 6.05. The molecule has 0 spiro atoms. The average Bonchev–Trinajstić information content (AvgIpc) is 2.21. The van der Waals surface area contributed by atoms with Crippen LogP contribution in [0.25, 0.3) is 0 Å². The zero-order valence-electron chi connectivity index (χ0n) is 10.6. The Hall–Kier alpha value is -0.330. The van der Waals surface area contributed by atoms with E-state index < -0.39 is 12.6 Å². The molecule has 1 rings (SSSR count). The van der Waals surface area contributed by atoms with Gasteiger partial charge in [-0.2, -0.15) is 13.2 Å². The number of rotatable bonds is 5. The normalized spacial score (nSPS) is 24.2. The molecule has 1 heterocycles. The molecule has 0 aliphatic carbocycles. The number of piperazine rings is 1. The number of hydrogen-bond acceptors (Lipinski definition) is 3. The smallest absolute Gasteiger partial charge is 0.315 e. The predicted octanol–water partition coefficient (Wildman–Crippen LogP) is 1.16. The van der Waals surface area contributed by atoms with Crippen molar-refractivity contribution in [2.24, 2.45) is 0 Å². The molecule has 0 aromatic rings. The molecule has 1 aliphatic heterocycles. The van der Waals surface area contributed by atoms with Crippen LogP contribution < -0.4 is 5.32 Å². The van der Waals surface area contributed by atoms with Gasteiger partial charge in [0.2, 0.25) is 0 Å². The number of nitrogens with one attached hydrogen (secondary N) is 1. The van der Waals surface area contributed by atoms with Gasteiger partial charge in [-0.25, -0.2) is 0 Å². The lowest BCUT2D eigenvalue weighted by molar-refractivity contribution is -0.135. The second-order valence-corrected chi connectivity index (χ2v) is 4.82. The van der Waals surface area contributed by atoms with Crippen LogP contribution in [0.2, 0.25) is 0 Å². The van der Waals surface area contributed by atoms with Crippen LogP contribution in [0.1, 0.15) is 12.8 Å². The molecule has 1 atom stereocenters. The summed E-state index contributed by atoms with van der Waals surface area (Å²) in [5.41, 5.74) is 0. The SMILES string of the molecule is CN1CCN(C)C(CNCCCC(F)(F)F)C1. The van der Waals surface area contributed by atoms with Crippen molar-refractivity contribution in [1.82, 2.24) is 15.1 Å². The molecular formula is C11H22F3N3. The summed E-state index contributed by atoms with van der Waals surface area (Å²) < 4.78 is 35.7. The van der Waals surface area contributed by atoms with E-state index in [0.29, 0.717) is 12.6 Å². The van der Waals surface area contributed by atoms with Crippen LogP contribution in [-0.4, -0.2) is 68.8 Å². The number of hydrogen-bond donors (Lipinski definition) is 1. The maximum absolute atomic E-state index is 11.9. The van der Waals surface area contributed by atoms with Gasteiger partial charge in [0, 0.05) is 38.6 Å². The maximum Gasteiger partial charge on any atom is 0.389 e. The molecule has 1 N–H and O–H groups in total. The Kier molecular flexibility index (Phi) is 5.69. The molecule has 0 aromatic heterocycles. The molecular weight excluding hydrogens is 231 g/mol. The number of halogens is 3. The van der Waals surface area contributed by atoms with Gasteiger partial charge in [-0.1, -0.05) is 0 Å². The molecule has 1 unspecified atom stereocenters. The van der Waals surface area contributed by atoms with Crippen LogP contribution in [0.4, 0.5) is 13.2 Å². The van der Waals surface area contributed by atoms with Gasteiger partial charge in [-0.15, -0.1) is 0 Å². The molecule has 0 bridgehead atoms. The summed E-state index contributed by atoms with van der Waals surface area (Å²) in [6, 6.07) is 0.402. The summed E-state index contributed by atoms with van der Waals surface area (Å²) in [6.45, 7) is 4.25. The van der Waals surface area contributed by atoms with Gasteiger partial charge >= 0.3 is 6.18 Å². The molecule has 1 saturated heterocycles. The van der Waals surface area contributed by atoms with Gasteiger partial charge in [0.15, 0.2) is 0 Å². The van der Waals surface area contributed by atoms with E-state index in [4.69, 9.17) is 0 Å². The minimum Gasteiger partial charge on any atom is -0.315 e. The monoisotopic (exact) mass is 253 g/mol. The zero-order valence-corrected chi connectivity index (χ0v) is 10.6. The minimum absolute atomic E-state index is 0.162. The summed E-state index contributed by atoms with van der Waals surface area (Å²) in [5.74, 6) is 0. The molecule has 102 valence electrons. The minimum atomic E-state index is -4.02. The molecule has 1 aliphatic rings. The lowest BCUT2D eigenvalue weighted by Gasteiger charge is -2.37. The van der Waals surface area contributed by atoms with Crippen LogP contribution in [0.3, 0.4) is 0 Å². The van der Waals surface area contributed by atoms with Crippen molar-refractivity contribution in [1.29, 1.82) is 0 Å². The fraction of sp³-hybridized carbons (Fsp3) is 1.00. The van der Waals surface area contributed by atoms with E-state index in [2.05, 4.69) is 29.2 Å². The molecule has 0 amide bonds. The first kappa shape index (κ1) is 14.7. The fourth-order valence-corrected chi connectivity index (χ4v) is 2.00. The second-order valence-electron chi connectivity index (χ2n) is 4.82. The average molecular weight is 253 g/mol. The quantitative estimate of drug-likeness (QED) is 0.742. The molecule has 0 radical (unpaired) electrons. The Morgan fingerprint density at radius 1 is 1.24 bits per heavy atom. The van der Waals surface area contributed by atoms with Crippen LogP contribution in [0.15, 0.2) is 0 Å². The zero-order chi connectivity index (χ0) is 12.9. The summed E-state index contributed by atoms with van der Waals surface area (Å²) in [4.78, 5) is 4.51. The van der Waals surface area contributed by atoms with Crippen molar-refractivity contribution in [3.05, 3.63) is 0 Å². The standard InChI is InChI=1S/C11H22F3N3/c1-16-6-7-17(2)10(9-16)8-15-5-3-4-11(12,13)14/h10,15H,3-9H2,1-2H3. The van der Waals surface area contributed by atoms with Crippen LogP contribution >= 0.6 is 0 Å². The van der Waals surface area contributed by atoms with Gasteiger partial charge in [-0.05, 0) is 27.1 Å². The third kappa shape index (κ3) is 6.24. The van der Waals surface area contributed by atoms with E-state index in [0.717, 1.165) is 26.2 Å². The third-order valence-corrected chi connectivity index (χ3v) is 3.17. The Balaban J connectivity index is 2.09. The largest absolute Gasteiger partial charge is 0.389 e. The highest BCUT2D eigenvalue weighted by Gasteiger charge is 2.26. The van der Waals surface area contributed by atoms with E-state index in [9.17, 15) is 13.2 Å².